The second-order valence-corrected chi connectivity index (χ2v) is 5.30. The van der Waals surface area contributed by atoms with Crippen molar-refractivity contribution in [3.63, 3.8) is 0 Å². The number of benzene rings is 1. The lowest BCUT2D eigenvalue weighted by atomic mass is 10.2. The first-order chi connectivity index (χ1) is 9.13. The van der Waals surface area contributed by atoms with Gasteiger partial charge < -0.3 is 10.6 Å². The summed E-state index contributed by atoms with van der Waals surface area (Å²) in [6.07, 6.45) is 0.992. The molecule has 4 heteroatoms. The maximum absolute atomic E-state index is 12.5. The molecule has 0 saturated carbocycles. The molecular formula is C15H23N3O. The Kier molecular flexibility index (Phi) is 4.56. The third-order valence-corrected chi connectivity index (χ3v) is 4.04. The zero-order valence-electron chi connectivity index (χ0n) is 11.7. The van der Waals surface area contributed by atoms with E-state index in [-0.39, 0.29) is 11.9 Å². The van der Waals surface area contributed by atoms with Crippen LogP contribution in [0.2, 0.25) is 0 Å². The van der Waals surface area contributed by atoms with Crippen LogP contribution in [-0.4, -0.2) is 47.9 Å². The van der Waals surface area contributed by atoms with Crippen molar-refractivity contribution < 1.29 is 4.79 Å². The lowest BCUT2D eigenvalue weighted by Gasteiger charge is -2.29. The Bertz CT molecular complexity index is 421. The molecule has 1 amide bonds. The van der Waals surface area contributed by atoms with E-state index < -0.39 is 0 Å². The highest BCUT2D eigenvalue weighted by Crippen LogP contribution is 2.17. The van der Waals surface area contributed by atoms with Crippen LogP contribution in [0.4, 0.5) is 0 Å². The molecule has 1 heterocycles. The normalized spacial score (nSPS) is 25.4. The Balaban J connectivity index is 2.14. The highest BCUT2D eigenvalue weighted by molar-refractivity contribution is 5.82. The SMILES string of the molecule is CC1CCN(Cc2ccccc2)C(=O)C(CN)N1C. The molecule has 1 aromatic rings. The molecule has 0 spiro atoms. The first kappa shape index (κ1) is 14.0. The van der Waals surface area contributed by atoms with Gasteiger partial charge in [0.25, 0.3) is 0 Å². The van der Waals surface area contributed by atoms with Crippen molar-refractivity contribution >= 4 is 5.91 Å². The molecular weight excluding hydrogens is 238 g/mol. The number of nitrogens with zero attached hydrogens (tertiary/aromatic N) is 2. The molecule has 1 aliphatic rings. The third kappa shape index (κ3) is 3.14. The Morgan fingerprint density at radius 3 is 2.63 bits per heavy atom. The lowest BCUT2D eigenvalue weighted by molar-refractivity contribution is -0.135. The third-order valence-electron chi connectivity index (χ3n) is 4.04. The van der Waals surface area contributed by atoms with Gasteiger partial charge in [-0.1, -0.05) is 30.3 Å². The molecule has 4 nitrogen and oxygen atoms in total. The van der Waals surface area contributed by atoms with Crippen molar-refractivity contribution in [2.24, 2.45) is 5.73 Å². The van der Waals surface area contributed by atoms with E-state index in [1.807, 2.05) is 30.1 Å². The summed E-state index contributed by atoms with van der Waals surface area (Å²) >= 11 is 0. The summed E-state index contributed by atoms with van der Waals surface area (Å²) < 4.78 is 0. The van der Waals surface area contributed by atoms with Gasteiger partial charge in [0.2, 0.25) is 5.91 Å². The first-order valence-corrected chi connectivity index (χ1v) is 6.88. The monoisotopic (exact) mass is 261 g/mol. The molecule has 2 atom stereocenters. The first-order valence-electron chi connectivity index (χ1n) is 6.88. The number of carbonyl (C=O) groups excluding carboxylic acids is 1. The number of nitrogens with two attached hydrogens (primary N) is 1. The Hall–Kier alpha value is -1.39. The van der Waals surface area contributed by atoms with E-state index in [2.05, 4.69) is 24.0 Å². The van der Waals surface area contributed by atoms with Gasteiger partial charge in [-0.05, 0) is 26.0 Å². The van der Waals surface area contributed by atoms with Crippen LogP contribution in [0.3, 0.4) is 0 Å². The van der Waals surface area contributed by atoms with Gasteiger partial charge in [0.05, 0.1) is 0 Å². The van der Waals surface area contributed by atoms with E-state index in [1.165, 1.54) is 5.56 Å². The molecule has 0 bridgehead atoms. The fourth-order valence-electron chi connectivity index (χ4n) is 2.58. The van der Waals surface area contributed by atoms with Crippen molar-refractivity contribution in [1.29, 1.82) is 0 Å². The average molecular weight is 261 g/mol. The summed E-state index contributed by atoms with van der Waals surface area (Å²) in [5.74, 6) is 0.151. The van der Waals surface area contributed by atoms with Crippen molar-refractivity contribution in [3.8, 4) is 0 Å². The summed E-state index contributed by atoms with van der Waals surface area (Å²) in [5, 5.41) is 0. The number of rotatable bonds is 3. The number of hydrogen-bond acceptors (Lipinski definition) is 3. The van der Waals surface area contributed by atoms with E-state index in [0.717, 1.165) is 13.0 Å². The van der Waals surface area contributed by atoms with Gasteiger partial charge in [0.15, 0.2) is 0 Å². The van der Waals surface area contributed by atoms with Gasteiger partial charge in [-0.2, -0.15) is 0 Å². The Morgan fingerprint density at radius 1 is 1.32 bits per heavy atom. The average Bonchev–Trinajstić information content (AvgIpc) is 2.52. The summed E-state index contributed by atoms with van der Waals surface area (Å²) in [6, 6.07) is 10.3. The predicted octanol–water partition coefficient (Wildman–Crippen LogP) is 1.07. The highest BCUT2D eigenvalue weighted by Gasteiger charge is 2.32. The standard InChI is InChI=1S/C15H23N3O/c1-12-8-9-18(11-13-6-4-3-5-7-13)15(19)14(10-16)17(12)2/h3-7,12,14H,8-11,16H2,1-2H3. The van der Waals surface area contributed by atoms with Crippen LogP contribution in [0.15, 0.2) is 30.3 Å². The molecule has 2 N–H and O–H groups in total. The van der Waals surface area contributed by atoms with Gasteiger partial charge in [0, 0.05) is 25.7 Å². The zero-order valence-corrected chi connectivity index (χ0v) is 11.7. The van der Waals surface area contributed by atoms with Gasteiger partial charge in [0.1, 0.15) is 6.04 Å². The lowest BCUT2D eigenvalue weighted by Crippen LogP contribution is -2.50. The fraction of sp³-hybridized carbons (Fsp3) is 0.533. The molecule has 2 rings (SSSR count). The van der Waals surface area contributed by atoms with Crippen molar-refractivity contribution in [1.82, 2.24) is 9.80 Å². The maximum atomic E-state index is 12.5. The quantitative estimate of drug-likeness (QED) is 0.885. The van der Waals surface area contributed by atoms with E-state index in [4.69, 9.17) is 5.73 Å². The molecule has 1 saturated heterocycles. The van der Waals surface area contributed by atoms with E-state index in [1.54, 1.807) is 0 Å². The fourth-order valence-corrected chi connectivity index (χ4v) is 2.58. The molecule has 0 aliphatic carbocycles. The number of hydrogen-bond donors (Lipinski definition) is 1. The van der Waals surface area contributed by atoms with Crippen LogP contribution in [-0.2, 0) is 11.3 Å². The van der Waals surface area contributed by atoms with Gasteiger partial charge >= 0.3 is 0 Å². The van der Waals surface area contributed by atoms with Crippen molar-refractivity contribution in [2.75, 3.05) is 20.1 Å². The molecule has 1 fully saturated rings. The number of carbonyl (C=O) groups is 1. The van der Waals surface area contributed by atoms with Gasteiger partial charge in [-0.3, -0.25) is 9.69 Å². The van der Waals surface area contributed by atoms with Gasteiger partial charge in [-0.25, -0.2) is 0 Å². The molecule has 2 unspecified atom stereocenters. The van der Waals surface area contributed by atoms with Crippen LogP contribution < -0.4 is 5.73 Å². The second-order valence-electron chi connectivity index (χ2n) is 5.30. The largest absolute Gasteiger partial charge is 0.337 e. The van der Waals surface area contributed by atoms with Crippen LogP contribution in [0.25, 0.3) is 0 Å². The maximum Gasteiger partial charge on any atom is 0.241 e. The number of amides is 1. The second kappa shape index (κ2) is 6.17. The van der Waals surface area contributed by atoms with E-state index in [0.29, 0.717) is 19.1 Å². The Labute approximate surface area is 115 Å². The predicted molar refractivity (Wildman–Crippen MR) is 76.5 cm³/mol. The molecule has 104 valence electrons. The Morgan fingerprint density at radius 2 is 2.00 bits per heavy atom. The molecule has 19 heavy (non-hydrogen) atoms. The van der Waals surface area contributed by atoms with E-state index >= 15 is 0 Å². The zero-order chi connectivity index (χ0) is 13.8. The van der Waals surface area contributed by atoms with Gasteiger partial charge in [-0.15, -0.1) is 0 Å². The topological polar surface area (TPSA) is 49.6 Å². The smallest absolute Gasteiger partial charge is 0.241 e. The molecule has 0 radical (unpaired) electrons. The van der Waals surface area contributed by atoms with Crippen LogP contribution in [0.5, 0.6) is 0 Å². The van der Waals surface area contributed by atoms with E-state index in [9.17, 15) is 4.79 Å². The molecule has 0 aromatic heterocycles. The summed E-state index contributed by atoms with van der Waals surface area (Å²) in [6.45, 7) is 4.01. The summed E-state index contributed by atoms with van der Waals surface area (Å²) in [7, 11) is 1.99. The summed E-state index contributed by atoms with van der Waals surface area (Å²) in [5.41, 5.74) is 6.95. The van der Waals surface area contributed by atoms with Crippen molar-refractivity contribution in [2.45, 2.75) is 32.0 Å². The van der Waals surface area contributed by atoms with Crippen LogP contribution >= 0.6 is 0 Å². The minimum atomic E-state index is -0.193. The van der Waals surface area contributed by atoms with Crippen molar-refractivity contribution in [3.05, 3.63) is 35.9 Å². The highest BCUT2D eigenvalue weighted by atomic mass is 16.2. The molecule has 1 aromatic carbocycles. The number of likely N-dealkylation sites (N-methyl/N-ethyl adjacent to an activating group) is 1. The minimum Gasteiger partial charge on any atom is -0.337 e. The minimum absolute atomic E-state index is 0.151. The van der Waals surface area contributed by atoms with Crippen LogP contribution in [0, 0.1) is 0 Å². The summed E-state index contributed by atoms with van der Waals surface area (Å²) in [4.78, 5) is 16.6. The van der Waals surface area contributed by atoms with Crippen LogP contribution in [0.1, 0.15) is 18.9 Å². The molecule has 1 aliphatic heterocycles.